The number of carboxylic acids is 1. The molecule has 1 aliphatic rings. The first-order valence-corrected chi connectivity index (χ1v) is 8.69. The van der Waals surface area contributed by atoms with Gasteiger partial charge in [-0.05, 0) is 37.3 Å². The van der Waals surface area contributed by atoms with Crippen LogP contribution in [-0.2, 0) is 4.79 Å². The molecule has 0 bridgehead atoms. The van der Waals surface area contributed by atoms with Crippen LogP contribution in [-0.4, -0.2) is 34.3 Å². The molecule has 0 spiro atoms. The Bertz CT molecular complexity index is 776. The molecule has 6 nitrogen and oxygen atoms in total. The van der Waals surface area contributed by atoms with Gasteiger partial charge in [-0.25, -0.2) is 9.37 Å². The molecular weight excluding hydrogens is 363 g/mol. The lowest BCUT2D eigenvalue weighted by Crippen LogP contribution is -2.04. The number of benzene rings is 1. The van der Waals surface area contributed by atoms with Crippen LogP contribution in [0.1, 0.15) is 25.7 Å². The SMILES string of the molecule is O=C(O)CCCOc1c(F)cc(-c2cncc(OCC3CC3)n2)cc1Cl. The number of aromatic nitrogens is 2. The van der Waals surface area contributed by atoms with Gasteiger partial charge >= 0.3 is 5.97 Å². The van der Waals surface area contributed by atoms with Crippen LogP contribution in [0.5, 0.6) is 11.6 Å². The lowest BCUT2D eigenvalue weighted by atomic mass is 10.1. The summed E-state index contributed by atoms with van der Waals surface area (Å²) < 4.78 is 25.2. The number of aliphatic carboxylic acids is 1. The van der Waals surface area contributed by atoms with E-state index in [1.807, 2.05) is 0 Å². The molecule has 1 aromatic carbocycles. The predicted molar refractivity (Wildman–Crippen MR) is 93.0 cm³/mol. The standard InChI is InChI=1S/C18H18ClFN2O4/c19-13-6-12(7-14(20)18(13)25-5-1-2-17(23)24)15-8-21-9-16(22-15)26-10-11-3-4-11/h6-9,11H,1-5,10H2,(H,23,24). The van der Waals surface area contributed by atoms with Crippen molar-refractivity contribution in [3.8, 4) is 22.9 Å². The van der Waals surface area contributed by atoms with Crippen LogP contribution in [0.3, 0.4) is 0 Å². The molecule has 8 heteroatoms. The Labute approximate surface area is 154 Å². The number of nitrogens with zero attached hydrogens (tertiary/aromatic N) is 2. The zero-order chi connectivity index (χ0) is 18.5. The zero-order valence-electron chi connectivity index (χ0n) is 14.0. The van der Waals surface area contributed by atoms with Gasteiger partial charge in [-0.15, -0.1) is 0 Å². The highest BCUT2D eigenvalue weighted by Gasteiger charge is 2.22. The molecule has 1 saturated carbocycles. The number of halogens is 2. The number of hydrogen-bond donors (Lipinski definition) is 1. The Balaban J connectivity index is 1.70. The Morgan fingerprint density at radius 2 is 2.12 bits per heavy atom. The summed E-state index contributed by atoms with van der Waals surface area (Å²) in [6, 6.07) is 2.79. The average molecular weight is 381 g/mol. The minimum absolute atomic E-state index is 0.0550. The molecule has 26 heavy (non-hydrogen) atoms. The van der Waals surface area contributed by atoms with Gasteiger partial charge in [0.05, 0.1) is 36.3 Å². The van der Waals surface area contributed by atoms with E-state index in [1.165, 1.54) is 37.4 Å². The van der Waals surface area contributed by atoms with Gasteiger partial charge < -0.3 is 14.6 Å². The maximum atomic E-state index is 14.3. The molecule has 138 valence electrons. The maximum absolute atomic E-state index is 14.3. The number of hydrogen-bond acceptors (Lipinski definition) is 5. The second kappa shape index (κ2) is 8.31. The minimum Gasteiger partial charge on any atom is -0.489 e. The molecule has 0 atom stereocenters. The molecule has 0 unspecified atom stereocenters. The van der Waals surface area contributed by atoms with Gasteiger partial charge in [0.15, 0.2) is 11.6 Å². The van der Waals surface area contributed by atoms with Gasteiger partial charge in [0.1, 0.15) is 0 Å². The Hall–Kier alpha value is -2.41. The van der Waals surface area contributed by atoms with Gasteiger partial charge in [0.2, 0.25) is 5.88 Å². The first kappa shape index (κ1) is 18.4. The molecule has 1 heterocycles. The molecule has 0 saturated heterocycles. The zero-order valence-corrected chi connectivity index (χ0v) is 14.7. The predicted octanol–water partition coefficient (Wildman–Crippen LogP) is 3.97. The van der Waals surface area contributed by atoms with Crippen molar-refractivity contribution in [3.63, 3.8) is 0 Å². The molecule has 1 fully saturated rings. The highest BCUT2D eigenvalue weighted by molar-refractivity contribution is 6.32. The first-order chi connectivity index (χ1) is 12.5. The maximum Gasteiger partial charge on any atom is 0.303 e. The monoisotopic (exact) mass is 380 g/mol. The van der Waals surface area contributed by atoms with Crippen molar-refractivity contribution in [2.24, 2.45) is 5.92 Å². The van der Waals surface area contributed by atoms with E-state index in [1.54, 1.807) is 0 Å². The smallest absolute Gasteiger partial charge is 0.303 e. The van der Waals surface area contributed by atoms with Crippen LogP contribution >= 0.6 is 11.6 Å². The fourth-order valence-corrected chi connectivity index (χ4v) is 2.55. The van der Waals surface area contributed by atoms with Crippen LogP contribution < -0.4 is 9.47 Å². The van der Waals surface area contributed by atoms with Crippen molar-refractivity contribution in [1.82, 2.24) is 9.97 Å². The van der Waals surface area contributed by atoms with E-state index in [4.69, 9.17) is 26.2 Å². The largest absolute Gasteiger partial charge is 0.489 e. The lowest BCUT2D eigenvalue weighted by molar-refractivity contribution is -0.137. The van der Waals surface area contributed by atoms with Crippen molar-refractivity contribution in [3.05, 3.63) is 35.4 Å². The summed E-state index contributed by atoms with van der Waals surface area (Å²) >= 11 is 6.12. The molecule has 0 radical (unpaired) electrons. The van der Waals surface area contributed by atoms with Gasteiger partial charge in [-0.3, -0.25) is 9.78 Å². The van der Waals surface area contributed by atoms with E-state index in [2.05, 4.69) is 9.97 Å². The number of ether oxygens (including phenoxy) is 2. The molecular formula is C18H18ClFN2O4. The molecule has 0 aliphatic heterocycles. The van der Waals surface area contributed by atoms with Crippen molar-refractivity contribution in [2.75, 3.05) is 13.2 Å². The topological polar surface area (TPSA) is 81.5 Å². The van der Waals surface area contributed by atoms with E-state index in [-0.39, 0.29) is 30.2 Å². The van der Waals surface area contributed by atoms with Crippen molar-refractivity contribution >= 4 is 17.6 Å². The van der Waals surface area contributed by atoms with Gasteiger partial charge in [-0.1, -0.05) is 11.6 Å². The highest BCUT2D eigenvalue weighted by atomic mass is 35.5. The van der Waals surface area contributed by atoms with Crippen LogP contribution in [0.2, 0.25) is 5.02 Å². The van der Waals surface area contributed by atoms with E-state index in [0.29, 0.717) is 29.7 Å². The van der Waals surface area contributed by atoms with E-state index in [0.717, 1.165) is 0 Å². The summed E-state index contributed by atoms with van der Waals surface area (Å²) in [7, 11) is 0. The normalized spacial score (nSPS) is 13.5. The summed E-state index contributed by atoms with van der Waals surface area (Å²) in [5.74, 6) is -0.702. The van der Waals surface area contributed by atoms with Gasteiger partial charge in [0, 0.05) is 12.0 Å². The first-order valence-electron chi connectivity index (χ1n) is 8.32. The van der Waals surface area contributed by atoms with E-state index < -0.39 is 11.8 Å². The molecule has 3 rings (SSSR count). The van der Waals surface area contributed by atoms with Crippen molar-refractivity contribution in [1.29, 1.82) is 0 Å². The Morgan fingerprint density at radius 1 is 1.31 bits per heavy atom. The minimum atomic E-state index is -0.933. The second-order valence-corrected chi connectivity index (χ2v) is 6.52. The summed E-state index contributed by atoms with van der Waals surface area (Å²) in [6.45, 7) is 0.670. The fourth-order valence-electron chi connectivity index (χ4n) is 2.29. The van der Waals surface area contributed by atoms with E-state index >= 15 is 0 Å². The van der Waals surface area contributed by atoms with Crippen LogP contribution in [0, 0.1) is 11.7 Å². The summed E-state index contributed by atoms with van der Waals surface area (Å²) in [5.41, 5.74) is 0.895. The Morgan fingerprint density at radius 3 is 2.81 bits per heavy atom. The van der Waals surface area contributed by atoms with Crippen molar-refractivity contribution in [2.45, 2.75) is 25.7 Å². The number of rotatable bonds is 9. The van der Waals surface area contributed by atoms with Gasteiger partial charge in [-0.2, -0.15) is 0 Å². The number of carbonyl (C=O) groups is 1. The van der Waals surface area contributed by atoms with Gasteiger partial charge in [0.25, 0.3) is 0 Å². The van der Waals surface area contributed by atoms with Crippen molar-refractivity contribution < 1.29 is 23.8 Å². The molecule has 1 aromatic heterocycles. The quantitative estimate of drug-likeness (QED) is 0.663. The second-order valence-electron chi connectivity index (χ2n) is 6.11. The Kier molecular flexibility index (Phi) is 5.88. The molecule has 2 aromatic rings. The third-order valence-electron chi connectivity index (χ3n) is 3.85. The summed E-state index contributed by atoms with van der Waals surface area (Å²) in [5, 5.41) is 8.68. The lowest BCUT2D eigenvalue weighted by Gasteiger charge is -2.11. The summed E-state index contributed by atoms with van der Waals surface area (Å²) in [6.07, 6.45) is 5.56. The molecule has 1 aliphatic carbocycles. The van der Waals surface area contributed by atoms with E-state index in [9.17, 15) is 9.18 Å². The third-order valence-corrected chi connectivity index (χ3v) is 4.13. The number of carboxylic acid groups (broad SMARTS) is 1. The third kappa shape index (κ3) is 5.05. The highest BCUT2D eigenvalue weighted by Crippen LogP contribution is 2.33. The van der Waals surface area contributed by atoms with Crippen LogP contribution in [0.15, 0.2) is 24.5 Å². The van der Waals surface area contributed by atoms with Crippen LogP contribution in [0.4, 0.5) is 4.39 Å². The fraction of sp³-hybridized carbons (Fsp3) is 0.389. The average Bonchev–Trinajstić information content (AvgIpc) is 3.43. The van der Waals surface area contributed by atoms with Crippen LogP contribution in [0.25, 0.3) is 11.3 Å². The molecule has 0 amide bonds. The summed E-state index contributed by atoms with van der Waals surface area (Å²) in [4.78, 5) is 18.9. The molecule has 1 N–H and O–H groups in total.